The molecule has 0 radical (unpaired) electrons. The van der Waals surface area contributed by atoms with Crippen molar-refractivity contribution in [2.24, 2.45) is 0 Å². The third-order valence-corrected chi connectivity index (χ3v) is 4.90. The summed E-state index contributed by atoms with van der Waals surface area (Å²) in [5, 5.41) is 8.93. The fourth-order valence-corrected chi connectivity index (χ4v) is 3.23. The van der Waals surface area contributed by atoms with Crippen LogP contribution in [0.2, 0.25) is 0 Å². The summed E-state index contributed by atoms with van der Waals surface area (Å²) in [5.41, 5.74) is 10.1. The lowest BCUT2D eigenvalue weighted by Crippen LogP contribution is -1.89. The highest BCUT2D eigenvalue weighted by atomic mass is 14.2. The zero-order valence-corrected chi connectivity index (χ0v) is 14.9. The molecule has 24 heavy (non-hydrogen) atoms. The number of fused-ring (bicyclic) bond motifs is 1. The van der Waals surface area contributed by atoms with Gasteiger partial charge in [0.1, 0.15) is 0 Å². The summed E-state index contributed by atoms with van der Waals surface area (Å²) >= 11 is 0. The maximum Gasteiger partial charge on any atom is 0.0991 e. The lowest BCUT2D eigenvalue weighted by Gasteiger charge is -2.04. The maximum atomic E-state index is 8.93. The molecule has 0 spiro atoms. The molecule has 2 aliphatic carbocycles. The summed E-state index contributed by atoms with van der Waals surface area (Å²) in [6.45, 7) is 8.90. The molecule has 2 aliphatic rings. The predicted octanol–water partition coefficient (Wildman–Crippen LogP) is 5.99. The van der Waals surface area contributed by atoms with Crippen molar-refractivity contribution >= 4 is 0 Å². The zero-order valence-electron chi connectivity index (χ0n) is 14.9. The summed E-state index contributed by atoms with van der Waals surface area (Å²) in [4.78, 5) is 0. The Morgan fingerprint density at radius 3 is 2.25 bits per heavy atom. The molecule has 120 valence electrons. The van der Waals surface area contributed by atoms with E-state index in [1.807, 2.05) is 12.1 Å². The number of hydrogen-bond donors (Lipinski definition) is 0. The van der Waals surface area contributed by atoms with Gasteiger partial charge in [0.15, 0.2) is 0 Å². The van der Waals surface area contributed by atoms with Gasteiger partial charge in [-0.15, -0.1) is 0 Å². The van der Waals surface area contributed by atoms with E-state index < -0.39 is 0 Å². The molecule has 0 bridgehead atoms. The maximum absolute atomic E-state index is 8.93. The van der Waals surface area contributed by atoms with Gasteiger partial charge >= 0.3 is 0 Å². The molecule has 0 heterocycles. The number of aryl methyl sites for hydroxylation is 1. The van der Waals surface area contributed by atoms with Crippen molar-refractivity contribution in [2.45, 2.75) is 40.0 Å². The highest BCUT2D eigenvalue weighted by Crippen LogP contribution is 2.36. The second-order valence-corrected chi connectivity index (χ2v) is 6.92. The Hall–Kier alpha value is -2.59. The van der Waals surface area contributed by atoms with Gasteiger partial charge in [-0.25, -0.2) is 0 Å². The lowest BCUT2D eigenvalue weighted by atomic mass is 10.0. The van der Waals surface area contributed by atoms with Crippen LogP contribution in [-0.2, 0) is 6.42 Å². The first kappa shape index (κ1) is 16.3. The van der Waals surface area contributed by atoms with Crippen LogP contribution in [0.3, 0.4) is 0 Å². The van der Waals surface area contributed by atoms with Crippen molar-refractivity contribution < 1.29 is 0 Å². The molecule has 0 aliphatic heterocycles. The average molecular weight is 313 g/mol. The van der Waals surface area contributed by atoms with Gasteiger partial charge in [0, 0.05) is 0 Å². The van der Waals surface area contributed by atoms with Crippen LogP contribution >= 0.6 is 0 Å². The van der Waals surface area contributed by atoms with Crippen LogP contribution in [0.15, 0.2) is 48.5 Å². The van der Waals surface area contributed by atoms with Crippen LogP contribution in [0, 0.1) is 25.2 Å². The third-order valence-electron chi connectivity index (χ3n) is 4.90. The van der Waals surface area contributed by atoms with Gasteiger partial charge in [-0.3, -0.25) is 0 Å². The summed E-state index contributed by atoms with van der Waals surface area (Å²) in [6, 6.07) is 19.3. The number of benzene rings is 1. The summed E-state index contributed by atoms with van der Waals surface area (Å²) in [7, 11) is 0. The molecule has 3 rings (SSSR count). The van der Waals surface area contributed by atoms with Crippen LogP contribution in [0.4, 0.5) is 0 Å². The summed E-state index contributed by atoms with van der Waals surface area (Å²) in [5.74, 6) is 0.524. The zero-order chi connectivity index (χ0) is 17.3. The number of rotatable bonds is 3. The van der Waals surface area contributed by atoms with Gasteiger partial charge in [-0.05, 0) is 77.3 Å². The molecule has 0 amide bonds. The predicted molar refractivity (Wildman–Crippen MR) is 101 cm³/mol. The van der Waals surface area contributed by atoms with Gasteiger partial charge in [-0.1, -0.05) is 50.2 Å². The minimum Gasteiger partial charge on any atom is -0.192 e. The van der Waals surface area contributed by atoms with Crippen LogP contribution in [0.1, 0.15) is 53.1 Å². The second kappa shape index (κ2) is 6.49. The average Bonchev–Trinajstić information content (AvgIpc) is 2.77. The molecule has 0 atom stereocenters. The Kier molecular flexibility index (Phi) is 4.40. The van der Waals surface area contributed by atoms with E-state index in [1.54, 1.807) is 0 Å². The van der Waals surface area contributed by atoms with Gasteiger partial charge in [0.05, 0.1) is 11.6 Å². The Bertz CT molecular complexity index is 879. The lowest BCUT2D eigenvalue weighted by molar-refractivity contribution is 0.868. The minimum absolute atomic E-state index is 0.524. The minimum atomic E-state index is 0.524. The fourth-order valence-electron chi connectivity index (χ4n) is 3.23. The van der Waals surface area contributed by atoms with Crippen LogP contribution in [0.25, 0.3) is 11.1 Å². The van der Waals surface area contributed by atoms with Crippen molar-refractivity contribution in [2.75, 3.05) is 0 Å². The molecule has 0 saturated carbocycles. The first-order valence-corrected chi connectivity index (χ1v) is 8.51. The molecule has 1 nitrogen and oxygen atoms in total. The number of nitriles is 1. The standard InChI is InChI=1S/C23H23N/c1-15(2)20-10-5-16(3)22-13-21(17(4)23(22)12-20)11-18-6-8-19(14-24)9-7-18/h5-10,12-13,15H,11H2,1-4H3. The van der Waals surface area contributed by atoms with E-state index in [1.165, 1.54) is 38.9 Å². The van der Waals surface area contributed by atoms with E-state index in [4.69, 9.17) is 5.26 Å². The van der Waals surface area contributed by atoms with E-state index in [0.29, 0.717) is 11.5 Å². The highest BCUT2D eigenvalue weighted by Gasteiger charge is 2.15. The van der Waals surface area contributed by atoms with E-state index in [-0.39, 0.29) is 0 Å². The Balaban J connectivity index is 2.05. The highest BCUT2D eigenvalue weighted by molar-refractivity contribution is 5.76. The van der Waals surface area contributed by atoms with Crippen molar-refractivity contribution in [3.63, 3.8) is 0 Å². The first-order chi connectivity index (χ1) is 11.5. The van der Waals surface area contributed by atoms with Crippen molar-refractivity contribution in [1.29, 1.82) is 5.26 Å². The van der Waals surface area contributed by atoms with Gasteiger partial charge in [0.25, 0.3) is 0 Å². The molecule has 0 unspecified atom stereocenters. The Morgan fingerprint density at radius 2 is 1.62 bits per heavy atom. The molecule has 1 heteroatoms. The summed E-state index contributed by atoms with van der Waals surface area (Å²) in [6.07, 6.45) is 0.909. The van der Waals surface area contributed by atoms with E-state index in [9.17, 15) is 0 Å². The van der Waals surface area contributed by atoms with Crippen LogP contribution < -0.4 is 0 Å². The van der Waals surface area contributed by atoms with Crippen molar-refractivity contribution in [1.82, 2.24) is 0 Å². The molecule has 0 saturated heterocycles. The van der Waals surface area contributed by atoms with E-state index in [2.05, 4.69) is 70.2 Å². The van der Waals surface area contributed by atoms with E-state index in [0.717, 1.165) is 6.42 Å². The number of hydrogen-bond acceptors (Lipinski definition) is 1. The molecule has 1 aromatic carbocycles. The van der Waals surface area contributed by atoms with Gasteiger partial charge in [-0.2, -0.15) is 5.26 Å². The summed E-state index contributed by atoms with van der Waals surface area (Å²) < 4.78 is 0. The normalized spacial score (nSPS) is 11.0. The molecular formula is C23H23N. The Morgan fingerprint density at radius 1 is 0.917 bits per heavy atom. The SMILES string of the molecule is Cc1ccc(C(C)C)cc2c(C)c(Cc3ccc(C#N)cc3)cc1-2. The molecular weight excluding hydrogens is 290 g/mol. The topological polar surface area (TPSA) is 23.8 Å². The van der Waals surface area contributed by atoms with Gasteiger partial charge in [0.2, 0.25) is 0 Å². The van der Waals surface area contributed by atoms with Crippen LogP contribution in [-0.4, -0.2) is 0 Å². The third kappa shape index (κ3) is 3.05. The van der Waals surface area contributed by atoms with Crippen LogP contribution in [0.5, 0.6) is 0 Å². The smallest absolute Gasteiger partial charge is 0.0991 e. The second-order valence-electron chi connectivity index (χ2n) is 6.92. The van der Waals surface area contributed by atoms with Gasteiger partial charge < -0.3 is 0 Å². The fraction of sp³-hybridized carbons (Fsp3) is 0.261. The molecule has 0 aromatic heterocycles. The quantitative estimate of drug-likeness (QED) is 0.582. The van der Waals surface area contributed by atoms with E-state index >= 15 is 0 Å². The number of nitrogens with zero attached hydrogens (tertiary/aromatic N) is 1. The monoisotopic (exact) mass is 313 g/mol. The van der Waals surface area contributed by atoms with Crippen molar-refractivity contribution in [3.05, 3.63) is 81.9 Å². The first-order valence-electron chi connectivity index (χ1n) is 8.51. The molecule has 1 aromatic rings. The Labute approximate surface area is 144 Å². The van der Waals surface area contributed by atoms with Crippen molar-refractivity contribution in [3.8, 4) is 17.2 Å². The molecule has 0 fully saturated rings. The molecule has 0 N–H and O–H groups in total. The largest absolute Gasteiger partial charge is 0.192 e.